The molecule has 1 N–H and O–H groups in total. The lowest BCUT2D eigenvalue weighted by Gasteiger charge is -2.14. The number of hydrogen-bond acceptors (Lipinski definition) is 4. The summed E-state index contributed by atoms with van der Waals surface area (Å²) in [7, 11) is 1.33. The first-order valence-corrected chi connectivity index (χ1v) is 7.89. The van der Waals surface area contributed by atoms with Gasteiger partial charge < -0.3 is 14.8 Å². The maximum Gasteiger partial charge on any atom is 0.339 e. The van der Waals surface area contributed by atoms with Crippen LogP contribution >= 0.6 is 0 Å². The third-order valence-electron chi connectivity index (χ3n) is 3.67. The van der Waals surface area contributed by atoms with Gasteiger partial charge in [-0.05, 0) is 49.2 Å². The van der Waals surface area contributed by atoms with Gasteiger partial charge >= 0.3 is 5.97 Å². The van der Waals surface area contributed by atoms with Crippen LogP contribution in [0.5, 0.6) is 5.75 Å². The predicted octanol–water partition coefficient (Wildman–Crippen LogP) is 3.58. The van der Waals surface area contributed by atoms with E-state index in [2.05, 4.69) is 5.32 Å². The quantitative estimate of drug-likeness (QED) is 0.813. The van der Waals surface area contributed by atoms with E-state index < -0.39 is 23.8 Å². The molecule has 0 aliphatic heterocycles. The van der Waals surface area contributed by atoms with Crippen LogP contribution < -0.4 is 10.1 Å². The molecule has 0 bridgehead atoms. The molecule has 0 spiro atoms. The lowest BCUT2D eigenvalue weighted by molar-refractivity contribution is -0.123. The van der Waals surface area contributed by atoms with Crippen molar-refractivity contribution >= 4 is 17.6 Å². The number of benzene rings is 2. The first-order valence-electron chi connectivity index (χ1n) is 7.89. The molecule has 2 aromatic rings. The van der Waals surface area contributed by atoms with E-state index in [1.807, 2.05) is 19.1 Å². The van der Waals surface area contributed by atoms with Gasteiger partial charge in [0.25, 0.3) is 5.91 Å². The highest BCUT2D eigenvalue weighted by Gasteiger charge is 2.20. The van der Waals surface area contributed by atoms with Crippen molar-refractivity contribution in [3.05, 3.63) is 59.4 Å². The van der Waals surface area contributed by atoms with Gasteiger partial charge in [0, 0.05) is 5.69 Å². The minimum Gasteiger partial charge on any atom is -0.494 e. The fourth-order valence-electron chi connectivity index (χ4n) is 2.14. The molecule has 2 aromatic carbocycles. The van der Waals surface area contributed by atoms with E-state index in [1.54, 1.807) is 12.1 Å². The Hall–Kier alpha value is -2.89. The summed E-state index contributed by atoms with van der Waals surface area (Å²) in [5.41, 5.74) is 1.77. The maximum absolute atomic E-state index is 13.6. The molecular weight excluding hydrogens is 325 g/mol. The van der Waals surface area contributed by atoms with E-state index in [9.17, 15) is 14.0 Å². The van der Waals surface area contributed by atoms with Crippen molar-refractivity contribution in [3.63, 3.8) is 0 Å². The standard InChI is InChI=1S/C19H20FNO4/c1-4-13-5-8-15(9-6-13)21-18(22)12(2)25-19(23)14-7-10-17(24-3)16(20)11-14/h5-12H,4H2,1-3H3,(H,21,22)/t12-/m1/s1. The third kappa shape index (κ3) is 4.79. The van der Waals surface area contributed by atoms with Gasteiger partial charge in [0.1, 0.15) is 0 Å². The Morgan fingerprint density at radius 3 is 2.40 bits per heavy atom. The number of carbonyl (C=O) groups is 2. The van der Waals surface area contributed by atoms with Gasteiger partial charge in [-0.2, -0.15) is 0 Å². The third-order valence-corrected chi connectivity index (χ3v) is 3.67. The summed E-state index contributed by atoms with van der Waals surface area (Å²) in [5.74, 6) is -1.90. The molecule has 0 aromatic heterocycles. The molecule has 132 valence electrons. The molecule has 0 fully saturated rings. The number of methoxy groups -OCH3 is 1. The predicted molar refractivity (Wildman–Crippen MR) is 92.3 cm³/mol. The summed E-state index contributed by atoms with van der Waals surface area (Å²) >= 11 is 0. The van der Waals surface area contributed by atoms with Crippen LogP contribution in [-0.2, 0) is 16.0 Å². The number of anilines is 1. The second-order valence-electron chi connectivity index (χ2n) is 5.44. The molecule has 25 heavy (non-hydrogen) atoms. The van der Waals surface area contributed by atoms with Gasteiger partial charge in [-0.25, -0.2) is 9.18 Å². The lowest BCUT2D eigenvalue weighted by atomic mass is 10.1. The van der Waals surface area contributed by atoms with Crippen LogP contribution in [0.2, 0.25) is 0 Å². The Morgan fingerprint density at radius 1 is 1.16 bits per heavy atom. The number of halogens is 1. The van der Waals surface area contributed by atoms with E-state index >= 15 is 0 Å². The average Bonchev–Trinajstić information content (AvgIpc) is 2.62. The van der Waals surface area contributed by atoms with Gasteiger partial charge in [0.15, 0.2) is 17.7 Å². The molecule has 0 saturated heterocycles. The number of amides is 1. The Kier molecular flexibility index (Phi) is 6.11. The summed E-state index contributed by atoms with van der Waals surface area (Å²) in [6.07, 6.45) is -0.121. The van der Waals surface area contributed by atoms with E-state index in [0.29, 0.717) is 5.69 Å². The molecule has 0 unspecified atom stereocenters. The van der Waals surface area contributed by atoms with Gasteiger partial charge in [0.2, 0.25) is 0 Å². The molecule has 0 heterocycles. The molecular formula is C19H20FNO4. The summed E-state index contributed by atoms with van der Waals surface area (Å²) in [4.78, 5) is 24.2. The summed E-state index contributed by atoms with van der Waals surface area (Å²) in [6, 6.07) is 11.1. The van der Waals surface area contributed by atoms with Crippen LogP contribution in [0.4, 0.5) is 10.1 Å². The van der Waals surface area contributed by atoms with Crippen LogP contribution in [-0.4, -0.2) is 25.1 Å². The largest absolute Gasteiger partial charge is 0.494 e. The topological polar surface area (TPSA) is 64.6 Å². The van der Waals surface area contributed by atoms with E-state index in [-0.39, 0.29) is 11.3 Å². The van der Waals surface area contributed by atoms with Crippen molar-refractivity contribution in [1.29, 1.82) is 0 Å². The number of aryl methyl sites for hydroxylation is 1. The zero-order valence-electron chi connectivity index (χ0n) is 14.3. The van der Waals surface area contributed by atoms with Gasteiger partial charge in [-0.1, -0.05) is 19.1 Å². The highest BCUT2D eigenvalue weighted by molar-refractivity contribution is 5.97. The zero-order chi connectivity index (χ0) is 18.4. The molecule has 5 nitrogen and oxygen atoms in total. The summed E-state index contributed by atoms with van der Waals surface area (Å²) in [6.45, 7) is 3.49. The van der Waals surface area contributed by atoms with E-state index in [0.717, 1.165) is 18.1 Å². The minimum absolute atomic E-state index is 0.00486. The number of ether oxygens (including phenoxy) is 2. The van der Waals surface area contributed by atoms with E-state index in [4.69, 9.17) is 9.47 Å². The van der Waals surface area contributed by atoms with Gasteiger partial charge in [-0.15, -0.1) is 0 Å². The van der Waals surface area contributed by atoms with Crippen LogP contribution in [0.15, 0.2) is 42.5 Å². The van der Waals surface area contributed by atoms with Crippen LogP contribution in [0, 0.1) is 5.82 Å². The summed E-state index contributed by atoms with van der Waals surface area (Å²) < 4.78 is 23.5. The Morgan fingerprint density at radius 2 is 1.84 bits per heavy atom. The molecule has 0 saturated carbocycles. The smallest absolute Gasteiger partial charge is 0.339 e. The van der Waals surface area contributed by atoms with Crippen molar-refractivity contribution in [2.24, 2.45) is 0 Å². The number of rotatable bonds is 6. The molecule has 1 atom stereocenters. The fourth-order valence-corrected chi connectivity index (χ4v) is 2.14. The van der Waals surface area contributed by atoms with E-state index in [1.165, 1.54) is 26.2 Å². The summed E-state index contributed by atoms with van der Waals surface area (Å²) in [5, 5.41) is 2.67. The zero-order valence-corrected chi connectivity index (χ0v) is 14.3. The molecule has 0 radical (unpaired) electrons. The monoisotopic (exact) mass is 345 g/mol. The lowest BCUT2D eigenvalue weighted by Crippen LogP contribution is -2.30. The first kappa shape index (κ1) is 18.4. The van der Waals surface area contributed by atoms with Crippen LogP contribution in [0.3, 0.4) is 0 Å². The van der Waals surface area contributed by atoms with Gasteiger partial charge in [0.05, 0.1) is 12.7 Å². The highest BCUT2D eigenvalue weighted by atomic mass is 19.1. The Bertz CT molecular complexity index is 759. The number of nitrogens with one attached hydrogen (secondary N) is 1. The molecule has 1 amide bonds. The number of carbonyl (C=O) groups excluding carboxylic acids is 2. The number of hydrogen-bond donors (Lipinski definition) is 1. The van der Waals surface area contributed by atoms with Crippen molar-refractivity contribution in [1.82, 2.24) is 0 Å². The van der Waals surface area contributed by atoms with Crippen molar-refractivity contribution in [2.45, 2.75) is 26.4 Å². The highest BCUT2D eigenvalue weighted by Crippen LogP contribution is 2.18. The fraction of sp³-hybridized carbons (Fsp3) is 0.263. The van der Waals surface area contributed by atoms with Crippen molar-refractivity contribution < 1.29 is 23.5 Å². The molecule has 0 aliphatic carbocycles. The second-order valence-corrected chi connectivity index (χ2v) is 5.44. The Balaban J connectivity index is 1.97. The second kappa shape index (κ2) is 8.28. The van der Waals surface area contributed by atoms with Gasteiger partial charge in [-0.3, -0.25) is 4.79 Å². The SMILES string of the molecule is CCc1ccc(NC(=O)[C@@H](C)OC(=O)c2ccc(OC)c(F)c2)cc1. The maximum atomic E-state index is 13.6. The Labute approximate surface area is 145 Å². The van der Waals surface area contributed by atoms with Crippen molar-refractivity contribution in [2.75, 3.05) is 12.4 Å². The normalized spacial score (nSPS) is 11.5. The first-order chi connectivity index (χ1) is 11.9. The molecule has 6 heteroatoms. The van der Waals surface area contributed by atoms with Crippen LogP contribution in [0.1, 0.15) is 29.8 Å². The molecule has 2 rings (SSSR count). The van der Waals surface area contributed by atoms with Crippen molar-refractivity contribution in [3.8, 4) is 5.75 Å². The van der Waals surface area contributed by atoms with Crippen LogP contribution in [0.25, 0.3) is 0 Å². The number of esters is 1. The average molecular weight is 345 g/mol. The molecule has 0 aliphatic rings. The minimum atomic E-state index is -1.02.